The van der Waals surface area contributed by atoms with Crippen molar-refractivity contribution in [3.63, 3.8) is 0 Å². The van der Waals surface area contributed by atoms with Crippen molar-refractivity contribution in [2.24, 2.45) is 0 Å². The van der Waals surface area contributed by atoms with Crippen molar-refractivity contribution in [1.29, 1.82) is 0 Å². The number of amides is 1. The third-order valence-corrected chi connectivity index (χ3v) is 5.18. The molecule has 0 radical (unpaired) electrons. The molecule has 162 valence electrons. The largest absolute Gasteiger partial charge is 0.497 e. The van der Waals surface area contributed by atoms with Crippen molar-refractivity contribution in [1.82, 2.24) is 19.2 Å². The quantitative estimate of drug-likeness (QED) is 0.456. The summed E-state index contributed by atoms with van der Waals surface area (Å²) in [4.78, 5) is 30.5. The predicted molar refractivity (Wildman–Crippen MR) is 123 cm³/mol. The molecule has 1 amide bonds. The van der Waals surface area contributed by atoms with Crippen molar-refractivity contribution < 1.29 is 9.53 Å². The van der Waals surface area contributed by atoms with E-state index in [1.165, 1.54) is 4.52 Å². The molecule has 2 aromatic carbocycles. The van der Waals surface area contributed by atoms with E-state index in [-0.39, 0.29) is 17.9 Å². The minimum Gasteiger partial charge on any atom is -0.497 e. The van der Waals surface area contributed by atoms with Crippen LogP contribution in [0.2, 0.25) is 0 Å². The van der Waals surface area contributed by atoms with E-state index < -0.39 is 0 Å². The van der Waals surface area contributed by atoms with Gasteiger partial charge in [0.05, 0.1) is 13.5 Å². The lowest BCUT2D eigenvalue weighted by Gasteiger charge is -2.14. The molecule has 8 heteroatoms. The average molecular weight is 429 g/mol. The second kappa shape index (κ2) is 8.89. The number of carbonyl (C=O) groups is 1. The van der Waals surface area contributed by atoms with Gasteiger partial charge in [0.15, 0.2) is 5.82 Å². The SMILES string of the molecule is C=CCn1c(C)c(CC(=O)Nc2ccc(OC)cc2)c(=O)n2nc(-c3ccccc3)nc12. The molecule has 32 heavy (non-hydrogen) atoms. The highest BCUT2D eigenvalue weighted by Gasteiger charge is 2.20. The van der Waals surface area contributed by atoms with Crippen LogP contribution in [0.25, 0.3) is 17.2 Å². The van der Waals surface area contributed by atoms with Crippen molar-refractivity contribution in [2.75, 3.05) is 12.4 Å². The fourth-order valence-electron chi connectivity index (χ4n) is 3.51. The molecule has 0 saturated carbocycles. The average Bonchev–Trinajstić information content (AvgIpc) is 3.26. The van der Waals surface area contributed by atoms with Crippen LogP contribution in [0.4, 0.5) is 5.69 Å². The van der Waals surface area contributed by atoms with Crippen molar-refractivity contribution >= 4 is 17.4 Å². The molecule has 0 aliphatic rings. The van der Waals surface area contributed by atoms with Gasteiger partial charge in [0.2, 0.25) is 11.7 Å². The molecular formula is C24H23N5O3. The smallest absolute Gasteiger partial charge is 0.279 e. The van der Waals surface area contributed by atoms with Crippen molar-refractivity contribution in [3.8, 4) is 17.1 Å². The molecule has 0 unspecified atom stereocenters. The van der Waals surface area contributed by atoms with E-state index in [9.17, 15) is 9.59 Å². The Morgan fingerprint density at radius 3 is 2.53 bits per heavy atom. The number of methoxy groups -OCH3 is 1. The molecule has 0 saturated heterocycles. The Morgan fingerprint density at radius 1 is 1.16 bits per heavy atom. The Morgan fingerprint density at radius 2 is 1.88 bits per heavy atom. The summed E-state index contributed by atoms with van der Waals surface area (Å²) in [5.74, 6) is 1.24. The summed E-state index contributed by atoms with van der Waals surface area (Å²) in [7, 11) is 1.58. The predicted octanol–water partition coefficient (Wildman–Crippen LogP) is 3.24. The second-order valence-corrected chi connectivity index (χ2v) is 7.24. The standard InChI is InChI=1S/C24H23N5O3/c1-4-14-28-16(2)20(15-21(30)25-18-10-12-19(32-3)13-11-18)23(31)29-24(28)26-22(27-29)17-8-6-5-7-9-17/h4-13H,1,14-15H2,2-3H3,(H,25,30). The van der Waals surface area contributed by atoms with Gasteiger partial charge >= 0.3 is 0 Å². The lowest BCUT2D eigenvalue weighted by Crippen LogP contribution is -2.29. The summed E-state index contributed by atoms with van der Waals surface area (Å²) in [5.41, 5.74) is 2.07. The fourth-order valence-corrected chi connectivity index (χ4v) is 3.51. The molecule has 4 rings (SSSR count). The molecule has 0 aliphatic carbocycles. The Bertz CT molecular complexity index is 1340. The van der Waals surface area contributed by atoms with E-state index in [2.05, 4.69) is 22.0 Å². The van der Waals surface area contributed by atoms with E-state index in [1.807, 2.05) is 34.9 Å². The second-order valence-electron chi connectivity index (χ2n) is 7.24. The van der Waals surface area contributed by atoms with Gasteiger partial charge in [-0.3, -0.25) is 9.59 Å². The van der Waals surface area contributed by atoms with Gasteiger partial charge in [-0.05, 0) is 31.2 Å². The molecule has 4 aromatic rings. The first-order valence-electron chi connectivity index (χ1n) is 10.1. The Labute approximate surface area is 184 Å². The van der Waals surface area contributed by atoms with Gasteiger partial charge in [0, 0.05) is 29.1 Å². The number of ether oxygens (including phenoxy) is 1. The molecule has 0 aliphatic heterocycles. The zero-order chi connectivity index (χ0) is 22.7. The number of hydrogen-bond acceptors (Lipinski definition) is 5. The Balaban J connectivity index is 1.72. The first kappa shape index (κ1) is 21.0. The van der Waals surface area contributed by atoms with Gasteiger partial charge in [0.1, 0.15) is 5.75 Å². The van der Waals surface area contributed by atoms with Crippen LogP contribution in [0.3, 0.4) is 0 Å². The molecule has 0 bridgehead atoms. The molecule has 2 heterocycles. The summed E-state index contributed by atoms with van der Waals surface area (Å²) in [6.45, 7) is 6.04. The first-order valence-corrected chi connectivity index (χ1v) is 10.1. The van der Waals surface area contributed by atoms with Crippen LogP contribution in [0.1, 0.15) is 11.3 Å². The summed E-state index contributed by atoms with van der Waals surface area (Å²) < 4.78 is 8.23. The lowest BCUT2D eigenvalue weighted by atomic mass is 10.1. The van der Waals surface area contributed by atoms with E-state index >= 15 is 0 Å². The normalized spacial score (nSPS) is 10.8. The topological polar surface area (TPSA) is 90.5 Å². The number of nitrogens with one attached hydrogen (secondary N) is 1. The Hall–Kier alpha value is -4.20. The third-order valence-electron chi connectivity index (χ3n) is 5.18. The molecule has 0 fully saturated rings. The molecule has 8 nitrogen and oxygen atoms in total. The van der Waals surface area contributed by atoms with Gasteiger partial charge in [0.25, 0.3) is 5.56 Å². The van der Waals surface area contributed by atoms with Crippen molar-refractivity contribution in [3.05, 3.63) is 88.9 Å². The number of nitrogens with zero attached hydrogens (tertiary/aromatic N) is 4. The van der Waals surface area contributed by atoms with E-state index in [4.69, 9.17) is 4.74 Å². The number of fused-ring (bicyclic) bond motifs is 1. The summed E-state index contributed by atoms with van der Waals surface area (Å²) in [6, 6.07) is 16.4. The van der Waals surface area contributed by atoms with Gasteiger partial charge in [-0.2, -0.15) is 9.50 Å². The molecule has 0 atom stereocenters. The fraction of sp³-hybridized carbons (Fsp3) is 0.167. The van der Waals surface area contributed by atoms with Crippen LogP contribution in [-0.2, 0) is 17.8 Å². The first-order chi connectivity index (χ1) is 15.5. The minimum atomic E-state index is -0.364. The maximum Gasteiger partial charge on any atom is 0.279 e. The molecule has 0 spiro atoms. The zero-order valence-electron chi connectivity index (χ0n) is 17.9. The van der Waals surface area contributed by atoms with Gasteiger partial charge < -0.3 is 14.6 Å². The summed E-state index contributed by atoms with van der Waals surface area (Å²) in [5, 5.41) is 7.25. The van der Waals surface area contributed by atoms with E-state index in [0.717, 1.165) is 5.56 Å². The lowest BCUT2D eigenvalue weighted by molar-refractivity contribution is -0.115. The number of carbonyl (C=O) groups excluding carboxylic acids is 1. The third kappa shape index (κ3) is 4.02. The summed E-state index contributed by atoms with van der Waals surface area (Å²) in [6.07, 6.45) is 1.62. The highest BCUT2D eigenvalue weighted by Crippen LogP contribution is 2.18. The number of anilines is 1. The van der Waals surface area contributed by atoms with E-state index in [0.29, 0.717) is 40.8 Å². The van der Waals surface area contributed by atoms with Gasteiger partial charge in [-0.15, -0.1) is 11.7 Å². The van der Waals surface area contributed by atoms with Crippen LogP contribution in [0.5, 0.6) is 5.75 Å². The van der Waals surface area contributed by atoms with Crippen molar-refractivity contribution in [2.45, 2.75) is 19.9 Å². The van der Waals surface area contributed by atoms with Crippen LogP contribution in [0.15, 0.2) is 72.0 Å². The highest BCUT2D eigenvalue weighted by atomic mass is 16.5. The van der Waals surface area contributed by atoms with Crippen LogP contribution < -0.4 is 15.6 Å². The van der Waals surface area contributed by atoms with Crippen LogP contribution in [-0.4, -0.2) is 32.2 Å². The maximum absolute atomic E-state index is 13.2. The number of rotatable bonds is 7. The molecule has 2 aromatic heterocycles. The monoisotopic (exact) mass is 429 g/mol. The van der Waals surface area contributed by atoms with Gasteiger partial charge in [-0.1, -0.05) is 36.4 Å². The number of allylic oxidation sites excluding steroid dienone is 1. The van der Waals surface area contributed by atoms with Gasteiger partial charge in [-0.25, -0.2) is 0 Å². The minimum absolute atomic E-state index is 0.0929. The maximum atomic E-state index is 13.2. The highest BCUT2D eigenvalue weighted by molar-refractivity contribution is 5.92. The number of aromatic nitrogens is 4. The zero-order valence-corrected chi connectivity index (χ0v) is 17.9. The molecule has 1 N–H and O–H groups in total. The number of hydrogen-bond donors (Lipinski definition) is 1. The molecular weight excluding hydrogens is 406 g/mol. The van der Waals surface area contributed by atoms with Crippen LogP contribution in [0, 0.1) is 6.92 Å². The number of benzene rings is 2. The van der Waals surface area contributed by atoms with E-state index in [1.54, 1.807) is 44.4 Å². The van der Waals surface area contributed by atoms with Crippen LogP contribution >= 0.6 is 0 Å². The summed E-state index contributed by atoms with van der Waals surface area (Å²) >= 11 is 0. The Kier molecular flexibility index (Phi) is 5.85.